The van der Waals surface area contributed by atoms with Gasteiger partial charge in [0.05, 0.1) is 12.7 Å². The van der Waals surface area contributed by atoms with Crippen molar-refractivity contribution in [2.24, 2.45) is 5.41 Å². The Morgan fingerprint density at radius 1 is 1.28 bits per heavy atom. The number of alkyl halides is 1. The largest absolute Gasteiger partial charge is 0.383 e. The van der Waals surface area contributed by atoms with Crippen LogP contribution in [0.4, 0.5) is 0 Å². The first-order valence-corrected chi connectivity index (χ1v) is 8.03. The van der Waals surface area contributed by atoms with Crippen LogP contribution in [-0.4, -0.2) is 43.6 Å². The lowest BCUT2D eigenvalue weighted by Crippen LogP contribution is -2.42. The average Bonchev–Trinajstić information content (AvgIpc) is 2.43. The number of nitrogens with zero attached hydrogens (tertiary/aromatic N) is 2. The van der Waals surface area contributed by atoms with Crippen molar-refractivity contribution in [3.63, 3.8) is 0 Å². The van der Waals surface area contributed by atoms with E-state index < -0.39 is 0 Å². The van der Waals surface area contributed by atoms with Gasteiger partial charge in [0.2, 0.25) is 0 Å². The van der Waals surface area contributed by atoms with Crippen LogP contribution in [0.5, 0.6) is 0 Å². The fourth-order valence-electron chi connectivity index (χ4n) is 2.81. The van der Waals surface area contributed by atoms with Gasteiger partial charge in [-0.05, 0) is 18.3 Å². The first kappa shape index (κ1) is 15.9. The van der Waals surface area contributed by atoms with Crippen molar-refractivity contribution in [3.05, 3.63) is 0 Å². The van der Waals surface area contributed by atoms with Crippen LogP contribution in [0, 0.1) is 16.7 Å². The molecule has 0 unspecified atom stereocenters. The van der Waals surface area contributed by atoms with Gasteiger partial charge in [-0.2, -0.15) is 5.26 Å². The quantitative estimate of drug-likeness (QED) is 0.645. The van der Waals surface area contributed by atoms with Crippen LogP contribution >= 0.6 is 15.9 Å². The van der Waals surface area contributed by atoms with Crippen molar-refractivity contribution in [2.45, 2.75) is 38.5 Å². The summed E-state index contributed by atoms with van der Waals surface area (Å²) in [7, 11) is 1.74. The zero-order chi connectivity index (χ0) is 13.3. The van der Waals surface area contributed by atoms with Crippen molar-refractivity contribution in [3.8, 4) is 6.07 Å². The number of hydrogen-bond donors (Lipinski definition) is 0. The number of hydrogen-bond acceptors (Lipinski definition) is 3. The van der Waals surface area contributed by atoms with Crippen LogP contribution in [0.3, 0.4) is 0 Å². The maximum Gasteiger partial charge on any atom is 0.0635 e. The van der Waals surface area contributed by atoms with Crippen LogP contribution in [0.15, 0.2) is 0 Å². The molecule has 0 aromatic carbocycles. The van der Waals surface area contributed by atoms with Crippen LogP contribution in [0.1, 0.15) is 38.5 Å². The molecule has 0 atom stereocenters. The summed E-state index contributed by atoms with van der Waals surface area (Å²) >= 11 is 3.71. The summed E-state index contributed by atoms with van der Waals surface area (Å²) in [5, 5.41) is 9.83. The Morgan fingerprint density at radius 2 is 2.00 bits per heavy atom. The lowest BCUT2D eigenvalue weighted by Gasteiger charge is -2.40. The van der Waals surface area contributed by atoms with E-state index in [1.54, 1.807) is 7.11 Å². The van der Waals surface area contributed by atoms with Crippen molar-refractivity contribution < 1.29 is 4.74 Å². The molecule has 0 spiro atoms. The first-order chi connectivity index (χ1) is 8.76. The molecule has 0 aromatic rings. The molecule has 1 aliphatic carbocycles. The van der Waals surface area contributed by atoms with Gasteiger partial charge in [0.25, 0.3) is 0 Å². The van der Waals surface area contributed by atoms with Crippen LogP contribution in [0.25, 0.3) is 0 Å². The van der Waals surface area contributed by atoms with Gasteiger partial charge in [-0.1, -0.05) is 35.2 Å². The van der Waals surface area contributed by atoms with Crippen LogP contribution < -0.4 is 0 Å². The smallest absolute Gasteiger partial charge is 0.0635 e. The second-order valence-corrected chi connectivity index (χ2v) is 5.93. The van der Waals surface area contributed by atoms with E-state index in [1.165, 1.54) is 32.1 Å². The fraction of sp³-hybridized carbons (Fsp3) is 0.929. The molecule has 0 saturated heterocycles. The molecule has 0 N–H and O–H groups in total. The normalized spacial score (nSPS) is 18.8. The maximum absolute atomic E-state index is 8.75. The molecule has 0 heterocycles. The van der Waals surface area contributed by atoms with E-state index in [9.17, 15) is 0 Å². The van der Waals surface area contributed by atoms with E-state index >= 15 is 0 Å². The molecule has 104 valence electrons. The van der Waals surface area contributed by atoms with E-state index in [2.05, 4.69) is 26.9 Å². The summed E-state index contributed by atoms with van der Waals surface area (Å²) in [5.41, 5.74) is 0.418. The number of ether oxygens (including phenoxy) is 1. The first-order valence-electron chi connectivity index (χ1n) is 6.90. The van der Waals surface area contributed by atoms with Gasteiger partial charge in [-0.25, -0.2) is 0 Å². The standard InChI is InChI=1S/C14H25BrN2O/c1-18-11-10-17(9-5-8-16)13-14(12-15)6-3-2-4-7-14/h2-7,9-13H2,1H3. The van der Waals surface area contributed by atoms with Gasteiger partial charge in [0, 0.05) is 38.5 Å². The Morgan fingerprint density at radius 3 is 2.56 bits per heavy atom. The highest BCUT2D eigenvalue weighted by Gasteiger charge is 2.32. The Kier molecular flexibility index (Phi) is 7.88. The monoisotopic (exact) mass is 316 g/mol. The minimum atomic E-state index is 0.418. The van der Waals surface area contributed by atoms with E-state index in [1.807, 2.05) is 0 Å². The van der Waals surface area contributed by atoms with Crippen LogP contribution in [-0.2, 0) is 4.74 Å². The molecule has 1 rings (SSSR count). The minimum Gasteiger partial charge on any atom is -0.383 e. The molecular formula is C14H25BrN2O. The van der Waals surface area contributed by atoms with Gasteiger partial charge >= 0.3 is 0 Å². The van der Waals surface area contributed by atoms with E-state index in [4.69, 9.17) is 10.00 Å². The Balaban J connectivity index is 2.52. The van der Waals surface area contributed by atoms with Gasteiger partial charge in [0.1, 0.15) is 0 Å². The van der Waals surface area contributed by atoms with E-state index in [0.717, 1.165) is 31.6 Å². The molecule has 0 bridgehead atoms. The second-order valence-electron chi connectivity index (χ2n) is 5.37. The maximum atomic E-state index is 8.75. The number of nitriles is 1. The zero-order valence-corrected chi connectivity index (χ0v) is 13.0. The van der Waals surface area contributed by atoms with E-state index in [-0.39, 0.29) is 0 Å². The molecule has 18 heavy (non-hydrogen) atoms. The number of methoxy groups -OCH3 is 1. The van der Waals surface area contributed by atoms with Gasteiger partial charge in [-0.3, -0.25) is 4.90 Å². The predicted octanol–water partition coefficient (Wildman–Crippen LogP) is 3.19. The Labute approximate surface area is 120 Å². The summed E-state index contributed by atoms with van der Waals surface area (Å²) in [6.07, 6.45) is 7.32. The summed E-state index contributed by atoms with van der Waals surface area (Å²) in [6.45, 7) is 3.66. The van der Waals surface area contributed by atoms with E-state index in [0.29, 0.717) is 11.8 Å². The summed E-state index contributed by atoms with van der Waals surface area (Å²) in [6, 6.07) is 2.25. The van der Waals surface area contributed by atoms with Crippen LogP contribution in [0.2, 0.25) is 0 Å². The highest BCUT2D eigenvalue weighted by molar-refractivity contribution is 9.09. The molecule has 1 aliphatic rings. The second kappa shape index (κ2) is 8.90. The molecule has 0 radical (unpaired) electrons. The molecule has 4 heteroatoms. The van der Waals surface area contributed by atoms with Crippen molar-refractivity contribution >= 4 is 15.9 Å². The molecule has 0 aromatic heterocycles. The number of rotatable bonds is 8. The molecular weight excluding hydrogens is 292 g/mol. The van der Waals surface area contributed by atoms with Gasteiger partial charge < -0.3 is 4.74 Å². The van der Waals surface area contributed by atoms with Crippen molar-refractivity contribution in [1.82, 2.24) is 4.90 Å². The molecule has 1 saturated carbocycles. The third-order valence-corrected chi connectivity index (χ3v) is 5.10. The average molecular weight is 317 g/mol. The third kappa shape index (κ3) is 5.26. The summed E-state index contributed by atoms with van der Waals surface area (Å²) in [4.78, 5) is 2.40. The Hall–Kier alpha value is -0.110. The molecule has 1 fully saturated rings. The highest BCUT2D eigenvalue weighted by atomic mass is 79.9. The van der Waals surface area contributed by atoms with Crippen molar-refractivity contribution in [2.75, 3.05) is 38.7 Å². The minimum absolute atomic E-state index is 0.418. The third-order valence-electron chi connectivity index (χ3n) is 3.91. The fourth-order valence-corrected chi connectivity index (χ4v) is 3.55. The lowest BCUT2D eigenvalue weighted by molar-refractivity contribution is 0.0956. The zero-order valence-electron chi connectivity index (χ0n) is 11.5. The topological polar surface area (TPSA) is 36.3 Å². The molecule has 0 aliphatic heterocycles. The summed E-state index contributed by atoms with van der Waals surface area (Å²) in [5.74, 6) is 0. The summed E-state index contributed by atoms with van der Waals surface area (Å²) < 4.78 is 5.17. The lowest BCUT2D eigenvalue weighted by atomic mass is 9.75. The molecule has 0 amide bonds. The Bertz CT molecular complexity index is 259. The predicted molar refractivity (Wildman–Crippen MR) is 77.9 cm³/mol. The van der Waals surface area contributed by atoms with Gasteiger partial charge in [-0.15, -0.1) is 0 Å². The SMILES string of the molecule is COCCN(CCC#N)CC1(CBr)CCCCC1. The highest BCUT2D eigenvalue weighted by Crippen LogP contribution is 2.38. The number of halogens is 1. The van der Waals surface area contributed by atoms with Crippen molar-refractivity contribution in [1.29, 1.82) is 5.26 Å². The molecule has 3 nitrogen and oxygen atoms in total. The van der Waals surface area contributed by atoms with Gasteiger partial charge in [0.15, 0.2) is 0 Å².